The highest BCUT2D eigenvalue weighted by Gasteiger charge is 2.41. The molecule has 1 aliphatic heterocycles. The molecule has 4 heteroatoms. The van der Waals surface area contributed by atoms with Crippen molar-refractivity contribution < 1.29 is 9.53 Å². The molecular weight excluding hydrogens is 264 g/mol. The lowest BCUT2D eigenvalue weighted by Gasteiger charge is -2.39. The van der Waals surface area contributed by atoms with Crippen molar-refractivity contribution in [3.63, 3.8) is 0 Å². The molecular formula is C17H24N2O2. The van der Waals surface area contributed by atoms with Crippen LogP contribution in [0.15, 0.2) is 18.2 Å². The maximum absolute atomic E-state index is 12.9. The summed E-state index contributed by atoms with van der Waals surface area (Å²) in [6.07, 6.45) is 4.98. The number of rotatable bonds is 2. The summed E-state index contributed by atoms with van der Waals surface area (Å²) in [5.41, 5.74) is 8.24. The van der Waals surface area contributed by atoms with E-state index in [1.54, 1.807) is 7.11 Å². The van der Waals surface area contributed by atoms with Gasteiger partial charge in [-0.25, -0.2) is 0 Å². The summed E-state index contributed by atoms with van der Waals surface area (Å²) >= 11 is 0. The van der Waals surface area contributed by atoms with Crippen molar-refractivity contribution in [1.29, 1.82) is 0 Å². The zero-order chi connectivity index (χ0) is 15.0. The Bertz CT molecular complexity index is 554. The van der Waals surface area contributed by atoms with Gasteiger partial charge in [0.1, 0.15) is 5.75 Å². The molecule has 4 nitrogen and oxygen atoms in total. The van der Waals surface area contributed by atoms with Gasteiger partial charge in [0.15, 0.2) is 0 Å². The first-order valence-electron chi connectivity index (χ1n) is 7.80. The first-order chi connectivity index (χ1) is 10.0. The second-order valence-electron chi connectivity index (χ2n) is 6.54. The van der Waals surface area contributed by atoms with Crippen LogP contribution in [0.25, 0.3) is 0 Å². The fraction of sp³-hybridized carbons (Fsp3) is 0.588. The summed E-state index contributed by atoms with van der Waals surface area (Å²) in [6, 6.07) is 5.95. The van der Waals surface area contributed by atoms with E-state index in [1.165, 1.54) is 5.56 Å². The van der Waals surface area contributed by atoms with E-state index >= 15 is 0 Å². The van der Waals surface area contributed by atoms with Crippen LogP contribution >= 0.6 is 0 Å². The quantitative estimate of drug-likeness (QED) is 0.909. The Morgan fingerprint density at radius 1 is 1.43 bits per heavy atom. The predicted octanol–water partition coefficient (Wildman–Crippen LogP) is 2.49. The molecule has 2 aliphatic rings. The normalized spacial score (nSPS) is 28.3. The van der Waals surface area contributed by atoms with Crippen LogP contribution in [0.4, 0.5) is 5.69 Å². The molecule has 1 amide bonds. The summed E-state index contributed by atoms with van der Waals surface area (Å²) in [5, 5.41) is 0. The summed E-state index contributed by atoms with van der Waals surface area (Å²) in [7, 11) is 1.67. The van der Waals surface area contributed by atoms with Crippen LogP contribution in [-0.2, 0) is 11.2 Å². The molecule has 1 fully saturated rings. The molecule has 0 spiro atoms. The molecule has 114 valence electrons. The van der Waals surface area contributed by atoms with Gasteiger partial charge in [-0.15, -0.1) is 0 Å². The number of ether oxygens (including phenoxy) is 1. The Balaban J connectivity index is 1.85. The number of hydrogen-bond donors (Lipinski definition) is 1. The summed E-state index contributed by atoms with van der Waals surface area (Å²) in [5.74, 6) is 0.993. The number of nitrogens with two attached hydrogens (primary N) is 1. The molecule has 1 aliphatic carbocycles. The second kappa shape index (κ2) is 5.34. The third kappa shape index (κ3) is 2.53. The topological polar surface area (TPSA) is 55.6 Å². The zero-order valence-electron chi connectivity index (χ0n) is 12.9. The van der Waals surface area contributed by atoms with E-state index in [1.807, 2.05) is 30.0 Å². The number of anilines is 1. The molecule has 2 unspecified atom stereocenters. The molecule has 21 heavy (non-hydrogen) atoms. The fourth-order valence-corrected chi connectivity index (χ4v) is 3.69. The maximum atomic E-state index is 12.9. The van der Waals surface area contributed by atoms with Gasteiger partial charge in [0, 0.05) is 17.8 Å². The van der Waals surface area contributed by atoms with Gasteiger partial charge >= 0.3 is 0 Å². The molecule has 1 saturated carbocycles. The summed E-state index contributed by atoms with van der Waals surface area (Å²) in [4.78, 5) is 14.9. The van der Waals surface area contributed by atoms with Crippen LogP contribution in [0.5, 0.6) is 5.75 Å². The van der Waals surface area contributed by atoms with Crippen molar-refractivity contribution in [1.82, 2.24) is 0 Å². The highest BCUT2D eigenvalue weighted by molar-refractivity contribution is 5.97. The van der Waals surface area contributed by atoms with Crippen molar-refractivity contribution in [2.24, 2.45) is 11.7 Å². The van der Waals surface area contributed by atoms with E-state index in [-0.39, 0.29) is 17.4 Å². The number of nitrogens with zero attached hydrogens (tertiary/aromatic N) is 1. The average molecular weight is 288 g/mol. The first-order valence-corrected chi connectivity index (χ1v) is 7.80. The van der Waals surface area contributed by atoms with Crippen LogP contribution < -0.4 is 15.4 Å². The van der Waals surface area contributed by atoms with Gasteiger partial charge in [0.05, 0.1) is 13.0 Å². The minimum Gasteiger partial charge on any atom is -0.497 e. The lowest BCUT2D eigenvalue weighted by molar-refractivity contribution is -0.125. The molecule has 0 saturated heterocycles. The van der Waals surface area contributed by atoms with Crippen molar-refractivity contribution in [2.45, 2.75) is 44.6 Å². The SMILES string of the molecule is COc1ccc2c(c1)CCN2C(=O)C1CCCCC1(C)N. The fourth-order valence-electron chi connectivity index (χ4n) is 3.69. The van der Waals surface area contributed by atoms with E-state index in [0.717, 1.165) is 50.1 Å². The summed E-state index contributed by atoms with van der Waals surface area (Å²) < 4.78 is 5.26. The molecule has 0 bridgehead atoms. The minimum absolute atomic E-state index is 0.0562. The van der Waals surface area contributed by atoms with Crippen molar-refractivity contribution in [3.8, 4) is 5.75 Å². The Kier molecular flexibility index (Phi) is 3.66. The van der Waals surface area contributed by atoms with Crippen molar-refractivity contribution >= 4 is 11.6 Å². The number of amides is 1. The zero-order valence-corrected chi connectivity index (χ0v) is 12.9. The van der Waals surface area contributed by atoms with Gasteiger partial charge in [0.25, 0.3) is 0 Å². The van der Waals surface area contributed by atoms with Gasteiger partial charge in [-0.1, -0.05) is 12.8 Å². The van der Waals surface area contributed by atoms with Gasteiger partial charge in [-0.3, -0.25) is 4.79 Å². The summed E-state index contributed by atoms with van der Waals surface area (Å²) in [6.45, 7) is 2.79. The van der Waals surface area contributed by atoms with Crippen LogP contribution in [0.2, 0.25) is 0 Å². The molecule has 1 heterocycles. The lowest BCUT2D eigenvalue weighted by Crippen LogP contribution is -2.53. The molecule has 1 aromatic carbocycles. The van der Waals surface area contributed by atoms with E-state index in [2.05, 4.69) is 0 Å². The first kappa shape index (κ1) is 14.4. The smallest absolute Gasteiger partial charge is 0.231 e. The minimum atomic E-state index is -0.370. The van der Waals surface area contributed by atoms with Crippen LogP contribution in [0.3, 0.4) is 0 Å². The lowest BCUT2D eigenvalue weighted by atomic mass is 9.74. The van der Waals surface area contributed by atoms with E-state index in [4.69, 9.17) is 10.5 Å². The largest absolute Gasteiger partial charge is 0.497 e. The van der Waals surface area contributed by atoms with Gasteiger partial charge in [0.2, 0.25) is 5.91 Å². The van der Waals surface area contributed by atoms with E-state index in [9.17, 15) is 4.79 Å². The number of benzene rings is 1. The number of carbonyl (C=O) groups excluding carboxylic acids is 1. The Hall–Kier alpha value is -1.55. The Morgan fingerprint density at radius 3 is 2.95 bits per heavy atom. The number of fused-ring (bicyclic) bond motifs is 1. The van der Waals surface area contributed by atoms with Crippen molar-refractivity contribution in [2.75, 3.05) is 18.6 Å². The average Bonchev–Trinajstić information content (AvgIpc) is 2.89. The number of carbonyl (C=O) groups is 1. The van der Waals surface area contributed by atoms with Crippen LogP contribution in [0.1, 0.15) is 38.2 Å². The number of methoxy groups -OCH3 is 1. The highest BCUT2D eigenvalue weighted by Crippen LogP contribution is 2.37. The molecule has 0 radical (unpaired) electrons. The van der Waals surface area contributed by atoms with Crippen molar-refractivity contribution in [3.05, 3.63) is 23.8 Å². The molecule has 0 aromatic heterocycles. The van der Waals surface area contributed by atoms with E-state index in [0.29, 0.717) is 0 Å². The Labute approximate surface area is 126 Å². The highest BCUT2D eigenvalue weighted by atomic mass is 16.5. The predicted molar refractivity (Wildman–Crippen MR) is 83.6 cm³/mol. The monoisotopic (exact) mass is 288 g/mol. The third-order valence-corrected chi connectivity index (χ3v) is 5.00. The standard InChI is InChI=1S/C17H24N2O2/c1-17(18)9-4-3-5-14(17)16(20)19-10-8-12-11-13(21-2)6-7-15(12)19/h6-7,11,14H,3-5,8-10,18H2,1-2H3. The molecule has 1 aromatic rings. The number of hydrogen-bond acceptors (Lipinski definition) is 3. The molecule has 2 N–H and O–H groups in total. The molecule has 2 atom stereocenters. The Morgan fingerprint density at radius 2 is 2.24 bits per heavy atom. The van der Waals surface area contributed by atoms with Gasteiger partial charge in [-0.2, -0.15) is 0 Å². The van der Waals surface area contributed by atoms with Crippen LogP contribution in [-0.4, -0.2) is 25.1 Å². The third-order valence-electron chi connectivity index (χ3n) is 5.00. The second-order valence-corrected chi connectivity index (χ2v) is 6.54. The molecule has 3 rings (SSSR count). The maximum Gasteiger partial charge on any atom is 0.231 e. The van der Waals surface area contributed by atoms with E-state index < -0.39 is 0 Å². The van der Waals surface area contributed by atoms with Crippen LogP contribution in [0, 0.1) is 5.92 Å². The van der Waals surface area contributed by atoms with Gasteiger partial charge in [-0.05, 0) is 49.9 Å². The van der Waals surface area contributed by atoms with Gasteiger partial charge < -0.3 is 15.4 Å².